The first-order valence-electron chi connectivity index (χ1n) is 7.19. The van der Waals surface area contributed by atoms with E-state index in [1.54, 1.807) is 11.3 Å². The molecular formula is C15H21NO4S. The molecule has 5 nitrogen and oxygen atoms in total. The van der Waals surface area contributed by atoms with Crippen LogP contribution in [0.1, 0.15) is 35.4 Å². The lowest BCUT2D eigenvalue weighted by molar-refractivity contribution is -0.152. The van der Waals surface area contributed by atoms with Gasteiger partial charge in [0.1, 0.15) is 5.54 Å². The van der Waals surface area contributed by atoms with Gasteiger partial charge in [-0.15, -0.1) is 11.3 Å². The topological polar surface area (TPSA) is 75.6 Å². The van der Waals surface area contributed by atoms with Crippen molar-refractivity contribution in [2.24, 2.45) is 0 Å². The Hall–Kier alpha value is -1.40. The molecule has 0 atom stereocenters. The number of carboxylic acid groups (broad SMARTS) is 1. The summed E-state index contributed by atoms with van der Waals surface area (Å²) in [5.41, 5.74) is -1.14. The van der Waals surface area contributed by atoms with Crippen molar-refractivity contribution in [2.75, 3.05) is 13.2 Å². The fraction of sp³-hybridized carbons (Fsp3) is 0.600. The minimum atomic E-state index is -1.14. The number of aryl methyl sites for hydroxylation is 2. The molecule has 0 bridgehead atoms. The van der Waals surface area contributed by atoms with Crippen molar-refractivity contribution in [2.45, 2.75) is 44.6 Å². The highest BCUT2D eigenvalue weighted by Gasteiger charge is 2.41. The minimum Gasteiger partial charge on any atom is -0.480 e. The van der Waals surface area contributed by atoms with Gasteiger partial charge in [-0.25, -0.2) is 4.79 Å². The maximum absolute atomic E-state index is 12.0. The van der Waals surface area contributed by atoms with Gasteiger partial charge in [0.25, 0.3) is 0 Å². The van der Waals surface area contributed by atoms with Gasteiger partial charge in [0, 0.05) is 42.2 Å². The molecule has 0 spiro atoms. The van der Waals surface area contributed by atoms with Crippen LogP contribution in [0.25, 0.3) is 0 Å². The summed E-state index contributed by atoms with van der Waals surface area (Å²) in [5.74, 6) is -1.15. The summed E-state index contributed by atoms with van der Waals surface area (Å²) < 4.78 is 5.18. The van der Waals surface area contributed by atoms with Gasteiger partial charge in [-0.2, -0.15) is 0 Å². The Balaban J connectivity index is 1.81. The average molecular weight is 311 g/mol. The number of carbonyl (C=O) groups is 2. The number of carbonyl (C=O) groups excluding carboxylic acids is 1. The van der Waals surface area contributed by atoms with Gasteiger partial charge in [0.2, 0.25) is 5.91 Å². The predicted octanol–water partition coefficient (Wildman–Crippen LogP) is 2.13. The molecular weight excluding hydrogens is 290 g/mol. The molecule has 6 heteroatoms. The van der Waals surface area contributed by atoms with Crippen LogP contribution < -0.4 is 5.32 Å². The Morgan fingerprint density at radius 3 is 2.67 bits per heavy atom. The third kappa shape index (κ3) is 4.28. The lowest BCUT2D eigenvalue weighted by Gasteiger charge is -2.33. The van der Waals surface area contributed by atoms with Crippen LogP contribution in [-0.2, 0) is 20.7 Å². The van der Waals surface area contributed by atoms with Crippen molar-refractivity contribution in [3.8, 4) is 0 Å². The Kier molecular flexibility index (Phi) is 5.36. The van der Waals surface area contributed by atoms with Crippen LogP contribution in [0.4, 0.5) is 0 Å². The van der Waals surface area contributed by atoms with Crippen LogP contribution in [0.3, 0.4) is 0 Å². The summed E-state index contributed by atoms with van der Waals surface area (Å²) in [6, 6.07) is 4.15. The first-order valence-corrected chi connectivity index (χ1v) is 8.01. The molecule has 0 saturated carbocycles. The van der Waals surface area contributed by atoms with Crippen LogP contribution in [0.2, 0.25) is 0 Å². The lowest BCUT2D eigenvalue weighted by Crippen LogP contribution is -2.57. The number of aliphatic carboxylic acids is 1. The molecule has 0 radical (unpaired) electrons. The maximum atomic E-state index is 12.0. The van der Waals surface area contributed by atoms with Crippen molar-refractivity contribution < 1.29 is 19.4 Å². The zero-order valence-electron chi connectivity index (χ0n) is 12.2. The molecule has 1 aliphatic heterocycles. The van der Waals surface area contributed by atoms with Crippen molar-refractivity contribution in [1.29, 1.82) is 0 Å². The van der Waals surface area contributed by atoms with Gasteiger partial charge in [-0.1, -0.05) is 0 Å². The van der Waals surface area contributed by atoms with Crippen LogP contribution in [-0.4, -0.2) is 35.7 Å². The van der Waals surface area contributed by atoms with Gasteiger partial charge < -0.3 is 15.2 Å². The molecule has 0 aromatic carbocycles. The monoisotopic (exact) mass is 311 g/mol. The molecule has 21 heavy (non-hydrogen) atoms. The molecule has 1 fully saturated rings. The molecule has 116 valence electrons. The van der Waals surface area contributed by atoms with Gasteiger partial charge in [-0.05, 0) is 31.9 Å². The van der Waals surface area contributed by atoms with Crippen molar-refractivity contribution in [3.63, 3.8) is 0 Å². The fourth-order valence-electron chi connectivity index (χ4n) is 2.48. The molecule has 0 aliphatic carbocycles. The molecule has 1 aromatic heterocycles. The zero-order valence-corrected chi connectivity index (χ0v) is 13.0. The van der Waals surface area contributed by atoms with Crippen LogP contribution in [0.15, 0.2) is 12.1 Å². The number of hydrogen-bond acceptors (Lipinski definition) is 4. The summed E-state index contributed by atoms with van der Waals surface area (Å²) in [4.78, 5) is 26.0. The summed E-state index contributed by atoms with van der Waals surface area (Å²) in [7, 11) is 0. The van der Waals surface area contributed by atoms with E-state index >= 15 is 0 Å². The Bertz CT molecular complexity index is 506. The number of hydrogen-bond donors (Lipinski definition) is 2. The number of rotatable bonds is 6. The highest BCUT2D eigenvalue weighted by Crippen LogP contribution is 2.22. The number of ether oxygens (including phenoxy) is 1. The number of thiophene rings is 1. The van der Waals surface area contributed by atoms with Crippen LogP contribution >= 0.6 is 11.3 Å². The van der Waals surface area contributed by atoms with Gasteiger partial charge in [-0.3, -0.25) is 4.79 Å². The Labute approximate surface area is 128 Å². The van der Waals surface area contributed by atoms with Crippen molar-refractivity contribution >= 4 is 23.2 Å². The Morgan fingerprint density at radius 1 is 1.38 bits per heavy atom. The van der Waals surface area contributed by atoms with E-state index in [0.717, 1.165) is 12.8 Å². The van der Waals surface area contributed by atoms with Crippen LogP contribution in [0, 0.1) is 6.92 Å². The molecule has 1 aromatic rings. The SMILES string of the molecule is Cc1ccc(CCCC(=O)NC2(C(=O)O)CCOCC2)s1. The third-order valence-electron chi connectivity index (χ3n) is 3.76. The van der Waals surface area contributed by atoms with Crippen molar-refractivity contribution in [3.05, 3.63) is 21.9 Å². The second kappa shape index (κ2) is 7.04. The molecule has 1 saturated heterocycles. The molecule has 2 N–H and O–H groups in total. The minimum absolute atomic E-state index is 0.187. The summed E-state index contributed by atoms with van der Waals surface area (Å²) >= 11 is 1.74. The Morgan fingerprint density at radius 2 is 2.10 bits per heavy atom. The second-order valence-corrected chi connectivity index (χ2v) is 6.79. The van der Waals surface area contributed by atoms with Gasteiger partial charge in [0.15, 0.2) is 0 Å². The van der Waals surface area contributed by atoms with Gasteiger partial charge >= 0.3 is 5.97 Å². The highest BCUT2D eigenvalue weighted by molar-refractivity contribution is 7.11. The molecule has 0 unspecified atom stereocenters. The van der Waals surface area contributed by atoms with E-state index in [4.69, 9.17) is 4.74 Å². The van der Waals surface area contributed by atoms with Crippen LogP contribution in [0.5, 0.6) is 0 Å². The van der Waals surface area contributed by atoms with E-state index in [1.165, 1.54) is 9.75 Å². The zero-order chi connectivity index (χ0) is 15.3. The summed E-state index contributed by atoms with van der Waals surface area (Å²) in [5, 5.41) is 12.1. The molecule has 2 rings (SSSR count). The molecule has 2 heterocycles. The number of amides is 1. The van der Waals surface area contributed by atoms with E-state index in [9.17, 15) is 14.7 Å². The second-order valence-electron chi connectivity index (χ2n) is 5.41. The smallest absolute Gasteiger partial charge is 0.329 e. The number of nitrogens with one attached hydrogen (secondary N) is 1. The molecule has 1 aliphatic rings. The first-order chi connectivity index (χ1) is 10.0. The van der Waals surface area contributed by atoms with E-state index in [2.05, 4.69) is 24.4 Å². The number of carboxylic acids is 1. The molecule has 1 amide bonds. The first kappa shape index (κ1) is 16.0. The summed E-state index contributed by atoms with van der Waals surface area (Å²) in [6.07, 6.45) is 2.61. The van der Waals surface area contributed by atoms with E-state index in [0.29, 0.717) is 32.5 Å². The standard InChI is InChI=1S/C15H21NO4S/c1-11-5-6-12(21-11)3-2-4-13(17)16-15(14(18)19)7-9-20-10-8-15/h5-6H,2-4,7-10H2,1H3,(H,16,17)(H,18,19). The largest absolute Gasteiger partial charge is 0.480 e. The quantitative estimate of drug-likeness (QED) is 0.844. The van der Waals surface area contributed by atoms with E-state index in [-0.39, 0.29) is 5.91 Å². The highest BCUT2D eigenvalue weighted by atomic mass is 32.1. The van der Waals surface area contributed by atoms with E-state index < -0.39 is 11.5 Å². The van der Waals surface area contributed by atoms with Gasteiger partial charge in [0.05, 0.1) is 0 Å². The predicted molar refractivity (Wildman–Crippen MR) is 80.6 cm³/mol. The maximum Gasteiger partial charge on any atom is 0.329 e. The normalized spacial score (nSPS) is 17.4. The lowest BCUT2D eigenvalue weighted by atomic mass is 9.90. The van der Waals surface area contributed by atoms with E-state index in [1.807, 2.05) is 0 Å². The third-order valence-corrected chi connectivity index (χ3v) is 4.82. The average Bonchev–Trinajstić information content (AvgIpc) is 2.85. The summed E-state index contributed by atoms with van der Waals surface area (Å²) in [6.45, 7) is 2.81. The fourth-order valence-corrected chi connectivity index (χ4v) is 3.42. The van der Waals surface area contributed by atoms with Crippen molar-refractivity contribution in [1.82, 2.24) is 5.32 Å².